The van der Waals surface area contributed by atoms with Gasteiger partial charge in [-0.15, -0.1) is 0 Å². The second-order valence-electron chi connectivity index (χ2n) is 4.03. The van der Waals surface area contributed by atoms with Crippen molar-refractivity contribution in [1.82, 2.24) is 16.2 Å². The van der Waals surface area contributed by atoms with E-state index < -0.39 is 0 Å². The first-order valence-electron chi connectivity index (χ1n) is 6.39. The number of hydrazine groups is 1. The minimum absolute atomic E-state index is 0.438. The Kier molecular flexibility index (Phi) is 8.88. The van der Waals surface area contributed by atoms with Gasteiger partial charge < -0.3 is 15.4 Å². The Labute approximate surface area is 140 Å². The lowest BCUT2D eigenvalue weighted by molar-refractivity contribution is 0.415. The number of rotatable bonds is 6. The van der Waals surface area contributed by atoms with E-state index >= 15 is 0 Å². The van der Waals surface area contributed by atoms with Crippen LogP contribution in [0.1, 0.15) is 6.42 Å². The minimum atomic E-state index is 0.438. The Hall–Kier alpha value is -1.25. The van der Waals surface area contributed by atoms with E-state index in [1.165, 1.54) is 0 Å². The number of benzene rings is 1. The van der Waals surface area contributed by atoms with Gasteiger partial charge in [-0.2, -0.15) is 11.8 Å². The Morgan fingerprint density at radius 2 is 1.81 bits per heavy atom. The Morgan fingerprint density at radius 3 is 2.43 bits per heavy atom. The highest BCUT2D eigenvalue weighted by molar-refractivity contribution is 7.98. The van der Waals surface area contributed by atoms with Crippen molar-refractivity contribution >= 4 is 52.1 Å². The molecule has 0 unspecified atom stereocenters. The molecule has 0 aromatic heterocycles. The summed E-state index contributed by atoms with van der Waals surface area (Å²) in [6.07, 6.45) is 3.15. The van der Waals surface area contributed by atoms with Gasteiger partial charge in [-0.1, -0.05) is 0 Å². The fourth-order valence-electron chi connectivity index (χ4n) is 1.41. The average molecular weight is 345 g/mol. The molecule has 1 rings (SSSR count). The molecule has 0 aliphatic rings. The van der Waals surface area contributed by atoms with Crippen molar-refractivity contribution in [2.75, 3.05) is 31.0 Å². The van der Waals surface area contributed by atoms with Crippen LogP contribution in [-0.4, -0.2) is 35.9 Å². The smallest absolute Gasteiger partial charge is 0.189 e. The van der Waals surface area contributed by atoms with Crippen LogP contribution in [0, 0.1) is 0 Å². The molecule has 21 heavy (non-hydrogen) atoms. The molecule has 0 atom stereocenters. The monoisotopic (exact) mass is 344 g/mol. The van der Waals surface area contributed by atoms with Gasteiger partial charge in [-0.3, -0.25) is 10.9 Å². The number of hydrogen-bond acceptors (Lipinski definition) is 4. The summed E-state index contributed by atoms with van der Waals surface area (Å²) < 4.78 is 5.09. The summed E-state index contributed by atoms with van der Waals surface area (Å²) in [5.74, 6) is 1.91. The molecule has 1 aromatic rings. The van der Waals surface area contributed by atoms with E-state index in [4.69, 9.17) is 29.2 Å². The van der Waals surface area contributed by atoms with Gasteiger partial charge in [0.2, 0.25) is 0 Å². The highest BCUT2D eigenvalue weighted by Crippen LogP contribution is 2.14. The molecule has 0 fully saturated rings. The van der Waals surface area contributed by atoms with E-state index in [1.54, 1.807) is 7.11 Å². The quantitative estimate of drug-likeness (QED) is 0.356. The zero-order valence-corrected chi connectivity index (χ0v) is 14.5. The van der Waals surface area contributed by atoms with E-state index in [9.17, 15) is 0 Å². The lowest BCUT2D eigenvalue weighted by Crippen LogP contribution is -2.48. The van der Waals surface area contributed by atoms with E-state index in [2.05, 4.69) is 27.7 Å². The summed E-state index contributed by atoms with van der Waals surface area (Å²) in [6, 6.07) is 7.48. The first kappa shape index (κ1) is 17.8. The minimum Gasteiger partial charge on any atom is -0.497 e. The van der Waals surface area contributed by atoms with Gasteiger partial charge in [0.25, 0.3) is 0 Å². The van der Waals surface area contributed by atoms with Gasteiger partial charge in [0.05, 0.1) is 7.11 Å². The predicted molar refractivity (Wildman–Crippen MR) is 99.1 cm³/mol. The maximum atomic E-state index is 5.16. The van der Waals surface area contributed by atoms with Gasteiger partial charge in [-0.25, -0.2) is 0 Å². The first-order chi connectivity index (χ1) is 10.2. The van der Waals surface area contributed by atoms with Crippen LogP contribution in [0.2, 0.25) is 0 Å². The molecule has 0 aliphatic carbocycles. The van der Waals surface area contributed by atoms with Gasteiger partial charge in [0.15, 0.2) is 10.2 Å². The summed E-state index contributed by atoms with van der Waals surface area (Å²) in [5.41, 5.74) is 6.54. The third-order valence-corrected chi connectivity index (χ3v) is 3.60. The zero-order chi connectivity index (χ0) is 15.5. The van der Waals surface area contributed by atoms with Crippen LogP contribution in [0.4, 0.5) is 5.69 Å². The van der Waals surface area contributed by atoms with Crippen LogP contribution < -0.4 is 26.2 Å². The van der Waals surface area contributed by atoms with Crippen molar-refractivity contribution in [2.45, 2.75) is 6.42 Å². The van der Waals surface area contributed by atoms with Gasteiger partial charge in [-0.05, 0) is 67.1 Å². The number of thioether (sulfide) groups is 1. The van der Waals surface area contributed by atoms with Crippen LogP contribution in [0.5, 0.6) is 5.75 Å². The standard InChI is InChI=1S/C13H20N4OS3/c1-18-11-6-4-10(5-7-11)15-13(20)17-16-12(19)14-8-3-9-21-2/h4-7H,3,8-9H2,1-2H3,(H2,14,16,19)(H2,15,17,20). The highest BCUT2D eigenvalue weighted by atomic mass is 32.2. The molecule has 116 valence electrons. The largest absolute Gasteiger partial charge is 0.497 e. The number of anilines is 1. The Bertz CT molecular complexity index is 453. The third kappa shape index (κ3) is 7.93. The Balaban J connectivity index is 2.22. The summed E-state index contributed by atoms with van der Waals surface area (Å²) in [6.45, 7) is 0.840. The van der Waals surface area contributed by atoms with Crippen molar-refractivity contribution in [3.8, 4) is 5.75 Å². The van der Waals surface area contributed by atoms with Crippen LogP contribution in [0.3, 0.4) is 0 Å². The molecule has 0 aliphatic heterocycles. The first-order valence-corrected chi connectivity index (χ1v) is 8.60. The summed E-state index contributed by atoms with van der Waals surface area (Å²) >= 11 is 12.1. The second-order valence-corrected chi connectivity index (χ2v) is 5.84. The fraction of sp³-hybridized carbons (Fsp3) is 0.385. The number of hydrogen-bond donors (Lipinski definition) is 4. The fourth-order valence-corrected chi connectivity index (χ4v) is 2.17. The Morgan fingerprint density at radius 1 is 1.14 bits per heavy atom. The van der Waals surface area contributed by atoms with Crippen LogP contribution in [0.25, 0.3) is 0 Å². The number of methoxy groups -OCH3 is 1. The number of nitrogens with one attached hydrogen (secondary N) is 4. The summed E-state index contributed by atoms with van der Waals surface area (Å²) in [7, 11) is 1.63. The number of ether oxygens (including phenoxy) is 1. The van der Waals surface area contributed by atoms with Crippen molar-refractivity contribution in [2.24, 2.45) is 0 Å². The molecule has 4 N–H and O–H groups in total. The van der Waals surface area contributed by atoms with Crippen molar-refractivity contribution < 1.29 is 4.74 Å². The lowest BCUT2D eigenvalue weighted by atomic mass is 10.3. The van der Waals surface area contributed by atoms with E-state index in [1.807, 2.05) is 36.0 Å². The van der Waals surface area contributed by atoms with E-state index in [-0.39, 0.29) is 0 Å². The summed E-state index contributed by atoms with van der Waals surface area (Å²) in [5, 5.41) is 7.09. The lowest BCUT2D eigenvalue weighted by Gasteiger charge is -2.14. The molecular formula is C13H20N4OS3. The third-order valence-electron chi connectivity index (χ3n) is 2.45. The molecule has 0 amide bonds. The highest BCUT2D eigenvalue weighted by Gasteiger charge is 1.99. The van der Waals surface area contributed by atoms with E-state index in [0.717, 1.165) is 30.2 Å². The zero-order valence-electron chi connectivity index (χ0n) is 12.1. The van der Waals surface area contributed by atoms with Crippen LogP contribution in [-0.2, 0) is 0 Å². The van der Waals surface area contributed by atoms with Crippen LogP contribution >= 0.6 is 36.2 Å². The molecule has 0 saturated heterocycles. The molecule has 0 spiro atoms. The SMILES string of the molecule is COc1ccc(NC(=S)NNC(=S)NCCCSC)cc1. The van der Waals surface area contributed by atoms with Gasteiger partial charge in [0.1, 0.15) is 5.75 Å². The maximum absolute atomic E-state index is 5.16. The molecule has 8 heteroatoms. The molecule has 5 nitrogen and oxygen atoms in total. The molecule has 0 saturated carbocycles. The predicted octanol–water partition coefficient (Wildman–Crippen LogP) is 2.11. The van der Waals surface area contributed by atoms with Crippen molar-refractivity contribution in [3.05, 3.63) is 24.3 Å². The van der Waals surface area contributed by atoms with Gasteiger partial charge >= 0.3 is 0 Å². The molecule has 1 aromatic carbocycles. The van der Waals surface area contributed by atoms with Crippen LogP contribution in [0.15, 0.2) is 24.3 Å². The maximum Gasteiger partial charge on any atom is 0.189 e. The second kappa shape index (κ2) is 10.5. The molecule has 0 heterocycles. The van der Waals surface area contributed by atoms with Gasteiger partial charge in [0, 0.05) is 12.2 Å². The summed E-state index contributed by atoms with van der Waals surface area (Å²) in [4.78, 5) is 0. The normalized spacial score (nSPS) is 9.62. The molecule has 0 radical (unpaired) electrons. The van der Waals surface area contributed by atoms with E-state index in [0.29, 0.717) is 10.2 Å². The molecular weight excluding hydrogens is 324 g/mol. The average Bonchev–Trinajstić information content (AvgIpc) is 2.50. The molecule has 0 bridgehead atoms. The topological polar surface area (TPSA) is 57.4 Å². The number of thiocarbonyl (C=S) groups is 2. The van der Waals surface area contributed by atoms with Crippen molar-refractivity contribution in [3.63, 3.8) is 0 Å². The van der Waals surface area contributed by atoms with Crippen molar-refractivity contribution in [1.29, 1.82) is 0 Å².